The Morgan fingerprint density at radius 1 is 1.16 bits per heavy atom. The van der Waals surface area contributed by atoms with Gasteiger partial charge in [-0.1, -0.05) is 29.8 Å². The van der Waals surface area contributed by atoms with E-state index >= 15 is 0 Å². The van der Waals surface area contributed by atoms with Gasteiger partial charge >= 0.3 is 0 Å². The maximum atomic E-state index is 11.1. The third-order valence-corrected chi connectivity index (χ3v) is 5.60. The van der Waals surface area contributed by atoms with E-state index in [4.69, 9.17) is 25.8 Å². The zero-order valence-corrected chi connectivity index (χ0v) is 18.9. The molecule has 1 fully saturated rings. The smallest absolute Gasteiger partial charge is 0.146 e. The molecule has 0 saturated carbocycles. The summed E-state index contributed by atoms with van der Waals surface area (Å²) in [5.41, 5.74) is 0.0265. The summed E-state index contributed by atoms with van der Waals surface area (Å²) in [6.07, 6.45) is 3.65. The molecule has 2 aromatic carbocycles. The molecule has 8 heteroatoms. The Labute approximate surface area is 193 Å². The molecule has 170 valence electrons. The maximum Gasteiger partial charge on any atom is 0.146 e. The van der Waals surface area contributed by atoms with Crippen LogP contribution in [0.2, 0.25) is 5.02 Å². The van der Waals surface area contributed by atoms with Crippen LogP contribution in [0.4, 0.5) is 0 Å². The van der Waals surface area contributed by atoms with Crippen molar-refractivity contribution >= 4 is 11.6 Å². The summed E-state index contributed by atoms with van der Waals surface area (Å²) in [6.45, 7) is 3.22. The number of aliphatic hydroxyl groups is 1. The van der Waals surface area contributed by atoms with Crippen LogP contribution in [0.5, 0.6) is 11.5 Å². The highest BCUT2D eigenvalue weighted by molar-refractivity contribution is 6.30. The third kappa shape index (κ3) is 6.23. The molecule has 0 aliphatic carbocycles. The van der Waals surface area contributed by atoms with Crippen molar-refractivity contribution < 1.29 is 19.3 Å². The predicted octanol–water partition coefficient (Wildman–Crippen LogP) is 3.29. The first-order valence-corrected chi connectivity index (χ1v) is 11.0. The fourth-order valence-corrected chi connectivity index (χ4v) is 3.81. The Morgan fingerprint density at radius 3 is 2.75 bits per heavy atom. The van der Waals surface area contributed by atoms with Crippen LogP contribution in [0.25, 0.3) is 0 Å². The van der Waals surface area contributed by atoms with Gasteiger partial charge in [0.25, 0.3) is 0 Å². The Kier molecular flexibility index (Phi) is 7.32. The lowest BCUT2D eigenvalue weighted by molar-refractivity contribution is -0.0646. The van der Waals surface area contributed by atoms with Crippen molar-refractivity contribution in [2.45, 2.75) is 18.8 Å². The Bertz CT molecular complexity index is 1010. The van der Waals surface area contributed by atoms with Gasteiger partial charge < -0.3 is 23.9 Å². The molecule has 1 saturated heterocycles. The second kappa shape index (κ2) is 10.4. The van der Waals surface area contributed by atoms with Crippen LogP contribution in [0.3, 0.4) is 0 Å². The number of imidazole rings is 1. The van der Waals surface area contributed by atoms with Crippen molar-refractivity contribution in [3.05, 3.63) is 77.3 Å². The minimum atomic E-state index is -1.11. The molecule has 1 aromatic heterocycles. The van der Waals surface area contributed by atoms with Gasteiger partial charge in [-0.05, 0) is 35.9 Å². The van der Waals surface area contributed by atoms with Gasteiger partial charge in [-0.3, -0.25) is 4.90 Å². The van der Waals surface area contributed by atoms with Crippen molar-refractivity contribution in [1.29, 1.82) is 0 Å². The van der Waals surface area contributed by atoms with Crippen LogP contribution in [0, 0.1) is 0 Å². The van der Waals surface area contributed by atoms with Gasteiger partial charge in [0.05, 0.1) is 13.2 Å². The molecule has 32 heavy (non-hydrogen) atoms. The molecule has 1 atom stereocenters. The summed E-state index contributed by atoms with van der Waals surface area (Å²) >= 11 is 6.02. The normalized spacial score (nSPS) is 19.5. The highest BCUT2D eigenvalue weighted by atomic mass is 35.5. The number of benzene rings is 2. The number of β-amino-alcohol motifs (C(OH)–C–C–N with tert-alkyl or cyclic N) is 1. The summed E-state index contributed by atoms with van der Waals surface area (Å²) in [5, 5.41) is 11.7. The first-order chi connectivity index (χ1) is 15.5. The molecule has 1 N–H and O–H groups in total. The number of hydrogen-bond donors (Lipinski definition) is 1. The van der Waals surface area contributed by atoms with E-state index in [0.29, 0.717) is 37.1 Å². The summed E-state index contributed by atoms with van der Waals surface area (Å²) in [6, 6.07) is 15.2. The second-order valence-electron chi connectivity index (χ2n) is 8.12. The van der Waals surface area contributed by atoms with Crippen LogP contribution in [-0.2, 0) is 24.9 Å². The first-order valence-electron chi connectivity index (χ1n) is 10.6. The number of ether oxygens (including phenoxy) is 3. The summed E-state index contributed by atoms with van der Waals surface area (Å²) in [7, 11) is 1.95. The van der Waals surface area contributed by atoms with Gasteiger partial charge in [0.2, 0.25) is 0 Å². The number of aryl methyl sites for hydroxylation is 1. The molecule has 0 radical (unpaired) electrons. The van der Waals surface area contributed by atoms with Crippen molar-refractivity contribution in [2.75, 3.05) is 32.9 Å². The minimum Gasteiger partial charge on any atom is -0.490 e. The Balaban J connectivity index is 1.32. The van der Waals surface area contributed by atoms with E-state index in [2.05, 4.69) is 9.88 Å². The fraction of sp³-hybridized carbons (Fsp3) is 0.375. The van der Waals surface area contributed by atoms with E-state index in [-0.39, 0.29) is 13.2 Å². The van der Waals surface area contributed by atoms with Gasteiger partial charge in [0.1, 0.15) is 36.1 Å². The Morgan fingerprint density at radius 2 is 2.00 bits per heavy atom. The molecule has 1 aliphatic heterocycles. The SMILES string of the molecule is Cn1ccnc1COc1ccc(CN2CCOC[C@](O)(COc3cccc(Cl)c3)C2)cc1. The Hall–Kier alpha value is -2.58. The van der Waals surface area contributed by atoms with Crippen molar-refractivity contribution in [2.24, 2.45) is 7.05 Å². The molecule has 0 unspecified atom stereocenters. The molecular weight excluding hydrogens is 430 g/mol. The fourth-order valence-electron chi connectivity index (χ4n) is 3.63. The van der Waals surface area contributed by atoms with Crippen LogP contribution in [0.1, 0.15) is 11.4 Å². The number of rotatable bonds is 8. The molecule has 7 nitrogen and oxygen atoms in total. The summed E-state index contributed by atoms with van der Waals surface area (Å²) in [4.78, 5) is 6.44. The molecule has 1 aliphatic rings. The minimum absolute atomic E-state index is 0.129. The molecule has 2 heterocycles. The van der Waals surface area contributed by atoms with Crippen LogP contribution in [0.15, 0.2) is 60.9 Å². The van der Waals surface area contributed by atoms with E-state index < -0.39 is 5.60 Å². The molecule has 0 spiro atoms. The van der Waals surface area contributed by atoms with Crippen LogP contribution in [-0.4, -0.2) is 58.1 Å². The highest BCUT2D eigenvalue weighted by Crippen LogP contribution is 2.21. The van der Waals surface area contributed by atoms with E-state index in [1.54, 1.807) is 18.3 Å². The van der Waals surface area contributed by atoms with E-state index in [1.165, 1.54) is 0 Å². The first kappa shape index (κ1) is 22.6. The zero-order chi connectivity index (χ0) is 22.4. The van der Waals surface area contributed by atoms with Crippen molar-refractivity contribution in [3.8, 4) is 11.5 Å². The van der Waals surface area contributed by atoms with Gasteiger partial charge in [0, 0.05) is 44.1 Å². The predicted molar refractivity (Wildman–Crippen MR) is 122 cm³/mol. The van der Waals surface area contributed by atoms with E-state index in [9.17, 15) is 5.11 Å². The van der Waals surface area contributed by atoms with Gasteiger partial charge in [-0.15, -0.1) is 0 Å². The molecule has 0 bridgehead atoms. The van der Waals surface area contributed by atoms with E-state index in [0.717, 1.165) is 23.7 Å². The largest absolute Gasteiger partial charge is 0.490 e. The van der Waals surface area contributed by atoms with Crippen molar-refractivity contribution in [1.82, 2.24) is 14.5 Å². The average Bonchev–Trinajstić information content (AvgIpc) is 3.10. The number of halogens is 1. The quantitative estimate of drug-likeness (QED) is 0.559. The monoisotopic (exact) mass is 457 g/mol. The second-order valence-corrected chi connectivity index (χ2v) is 8.56. The highest BCUT2D eigenvalue weighted by Gasteiger charge is 2.33. The lowest BCUT2D eigenvalue weighted by Gasteiger charge is -2.30. The average molecular weight is 458 g/mol. The van der Waals surface area contributed by atoms with Crippen LogP contribution >= 0.6 is 11.6 Å². The number of hydrogen-bond acceptors (Lipinski definition) is 6. The third-order valence-electron chi connectivity index (χ3n) is 5.36. The topological polar surface area (TPSA) is 69.0 Å². The van der Waals surface area contributed by atoms with Gasteiger partial charge in [-0.25, -0.2) is 4.98 Å². The van der Waals surface area contributed by atoms with Crippen molar-refractivity contribution in [3.63, 3.8) is 0 Å². The molecule has 0 amide bonds. The summed E-state index contributed by atoms with van der Waals surface area (Å²) in [5.74, 6) is 2.29. The molecule has 4 rings (SSSR count). The lowest BCUT2D eigenvalue weighted by atomic mass is 10.1. The summed E-state index contributed by atoms with van der Waals surface area (Å²) < 4.78 is 19.2. The van der Waals surface area contributed by atoms with Gasteiger partial charge in [-0.2, -0.15) is 0 Å². The van der Waals surface area contributed by atoms with Gasteiger partial charge in [0.15, 0.2) is 0 Å². The number of nitrogens with zero attached hydrogens (tertiary/aromatic N) is 3. The molecular formula is C24H28ClN3O4. The van der Waals surface area contributed by atoms with Crippen LogP contribution < -0.4 is 9.47 Å². The maximum absolute atomic E-state index is 11.1. The standard InChI is InChI=1S/C24H28ClN3O4/c1-27-10-9-26-23(27)15-31-21-7-5-19(6-8-21)14-28-11-12-30-17-24(29,16-28)18-32-22-4-2-3-20(25)13-22/h2-10,13,29H,11-12,14-18H2,1H3/t24-/m0/s1. The molecule has 3 aromatic rings. The zero-order valence-electron chi connectivity index (χ0n) is 18.1. The number of aromatic nitrogens is 2. The van der Waals surface area contributed by atoms with E-state index in [1.807, 2.05) is 54.2 Å². The lowest BCUT2D eigenvalue weighted by Crippen LogP contribution is -2.48.